The van der Waals surface area contributed by atoms with E-state index in [2.05, 4.69) is 14.7 Å². The van der Waals surface area contributed by atoms with Gasteiger partial charge in [0.15, 0.2) is 5.65 Å². The number of nitrogens with one attached hydrogen (secondary N) is 1. The molecule has 7 nitrogen and oxygen atoms in total. The number of aromatic nitrogens is 3. The fourth-order valence-electron chi connectivity index (χ4n) is 3.19. The van der Waals surface area contributed by atoms with Crippen LogP contribution in [0.4, 0.5) is 0 Å². The van der Waals surface area contributed by atoms with Gasteiger partial charge in [-0.1, -0.05) is 35.9 Å². The van der Waals surface area contributed by atoms with Crippen LogP contribution >= 0.6 is 11.6 Å². The van der Waals surface area contributed by atoms with Crippen LogP contribution < -0.4 is 9.46 Å². The molecule has 0 saturated heterocycles. The van der Waals surface area contributed by atoms with Gasteiger partial charge in [0, 0.05) is 16.8 Å². The number of nitrogens with zero attached hydrogens (tertiary/aromatic N) is 3. The van der Waals surface area contributed by atoms with Gasteiger partial charge in [0.1, 0.15) is 17.1 Å². The highest BCUT2D eigenvalue weighted by Crippen LogP contribution is 2.22. The van der Waals surface area contributed by atoms with Gasteiger partial charge in [-0.25, -0.2) is 23.1 Å². The highest BCUT2D eigenvalue weighted by molar-refractivity contribution is 7.89. The third-order valence-corrected chi connectivity index (χ3v) is 6.26. The molecule has 0 spiro atoms. The lowest BCUT2D eigenvalue weighted by molar-refractivity contribution is 0.408. The second-order valence-corrected chi connectivity index (χ2v) is 8.76. The molecule has 2 aromatic heterocycles. The average Bonchev–Trinajstić information content (AvgIpc) is 3.10. The summed E-state index contributed by atoms with van der Waals surface area (Å²) in [6, 6.07) is 17.4. The van der Waals surface area contributed by atoms with E-state index in [9.17, 15) is 8.42 Å². The summed E-state index contributed by atoms with van der Waals surface area (Å²) >= 11 is 5.94. The summed E-state index contributed by atoms with van der Waals surface area (Å²) < 4.78 is 35.3. The maximum atomic E-state index is 12.7. The molecule has 1 N–H and O–H groups in total. The molecule has 0 bridgehead atoms. The molecule has 4 rings (SSSR count). The van der Waals surface area contributed by atoms with E-state index >= 15 is 0 Å². The number of pyridine rings is 1. The number of ether oxygens (including phenoxy) is 1. The summed E-state index contributed by atoms with van der Waals surface area (Å²) in [4.78, 5) is 9.12. The number of hydrogen-bond donors (Lipinski definition) is 1. The molecule has 2 aromatic carbocycles. The highest BCUT2D eigenvalue weighted by atomic mass is 35.5. The zero-order valence-electron chi connectivity index (χ0n) is 16.1. The molecule has 4 aromatic rings. The minimum Gasteiger partial charge on any atom is -0.496 e. The molecule has 0 atom stereocenters. The second-order valence-electron chi connectivity index (χ2n) is 6.55. The molecule has 9 heteroatoms. The van der Waals surface area contributed by atoms with Gasteiger partial charge >= 0.3 is 0 Å². The Balaban J connectivity index is 1.68. The van der Waals surface area contributed by atoms with Crippen LogP contribution in [-0.4, -0.2) is 30.1 Å². The molecule has 30 heavy (non-hydrogen) atoms. The lowest BCUT2D eigenvalue weighted by Crippen LogP contribution is -2.25. The van der Waals surface area contributed by atoms with E-state index in [1.807, 2.05) is 34.9 Å². The lowest BCUT2D eigenvalue weighted by atomic mass is 10.2. The van der Waals surface area contributed by atoms with E-state index in [0.717, 1.165) is 11.3 Å². The first-order chi connectivity index (χ1) is 14.5. The van der Waals surface area contributed by atoms with Crippen molar-refractivity contribution in [2.24, 2.45) is 0 Å². The molecule has 0 fully saturated rings. The molecule has 0 amide bonds. The standard InChI is InChI=1S/C21H19ClN4O3S/c1-29-19-10-3-2-6-15(19)14-26-20(25-18-9-5-11-23-21(18)26)13-24-30(27,28)17-8-4-7-16(22)12-17/h2-12,24H,13-14H2,1H3. The fraction of sp³-hybridized carbons (Fsp3) is 0.143. The van der Waals surface area contributed by atoms with Crippen molar-refractivity contribution < 1.29 is 13.2 Å². The van der Waals surface area contributed by atoms with Crippen molar-refractivity contribution in [2.75, 3.05) is 7.11 Å². The maximum absolute atomic E-state index is 12.7. The van der Waals surface area contributed by atoms with Gasteiger partial charge < -0.3 is 9.30 Å². The zero-order valence-corrected chi connectivity index (χ0v) is 17.7. The van der Waals surface area contributed by atoms with Crippen molar-refractivity contribution in [2.45, 2.75) is 18.0 Å². The summed E-state index contributed by atoms with van der Waals surface area (Å²) in [5.41, 5.74) is 2.29. The Morgan fingerprint density at radius 1 is 1.10 bits per heavy atom. The molecular weight excluding hydrogens is 424 g/mol. The van der Waals surface area contributed by atoms with Crippen molar-refractivity contribution in [1.29, 1.82) is 0 Å². The monoisotopic (exact) mass is 442 g/mol. The predicted molar refractivity (Wildman–Crippen MR) is 115 cm³/mol. The van der Waals surface area contributed by atoms with Crippen LogP contribution in [0.15, 0.2) is 71.8 Å². The number of hydrogen-bond acceptors (Lipinski definition) is 5. The summed E-state index contributed by atoms with van der Waals surface area (Å²) in [5.74, 6) is 1.28. The summed E-state index contributed by atoms with van der Waals surface area (Å²) in [6.45, 7) is 0.437. The lowest BCUT2D eigenvalue weighted by Gasteiger charge is -2.13. The van der Waals surface area contributed by atoms with Crippen LogP contribution in [-0.2, 0) is 23.1 Å². The van der Waals surface area contributed by atoms with Crippen molar-refractivity contribution >= 4 is 32.8 Å². The quantitative estimate of drug-likeness (QED) is 0.472. The summed E-state index contributed by atoms with van der Waals surface area (Å²) in [7, 11) is -2.14. The third-order valence-electron chi connectivity index (χ3n) is 4.63. The number of sulfonamides is 1. The molecule has 0 saturated carbocycles. The van der Waals surface area contributed by atoms with E-state index in [1.165, 1.54) is 12.1 Å². The van der Waals surface area contributed by atoms with Crippen LogP contribution in [0, 0.1) is 0 Å². The largest absolute Gasteiger partial charge is 0.496 e. The first-order valence-electron chi connectivity index (χ1n) is 9.15. The Hall–Kier alpha value is -2.94. The Bertz CT molecular complexity index is 1300. The van der Waals surface area contributed by atoms with Crippen molar-refractivity contribution in [1.82, 2.24) is 19.3 Å². The second kappa shape index (κ2) is 8.43. The Morgan fingerprint density at radius 3 is 2.73 bits per heavy atom. The van der Waals surface area contributed by atoms with E-state index in [0.29, 0.717) is 28.6 Å². The highest BCUT2D eigenvalue weighted by Gasteiger charge is 2.18. The summed E-state index contributed by atoms with van der Waals surface area (Å²) in [5, 5.41) is 0.352. The number of benzene rings is 2. The predicted octanol–water partition coefficient (Wildman–Crippen LogP) is 3.62. The van der Waals surface area contributed by atoms with Crippen molar-refractivity contribution in [3.05, 3.63) is 83.3 Å². The van der Waals surface area contributed by atoms with Gasteiger partial charge in [-0.05, 0) is 36.4 Å². The Kier molecular flexibility index (Phi) is 5.72. The molecule has 0 aliphatic carbocycles. The number of imidazole rings is 1. The van der Waals surface area contributed by atoms with Gasteiger partial charge in [-0.15, -0.1) is 0 Å². The Morgan fingerprint density at radius 2 is 1.93 bits per heavy atom. The van der Waals surface area contributed by atoms with E-state index in [1.54, 1.807) is 31.5 Å². The molecule has 2 heterocycles. The third kappa shape index (κ3) is 4.16. The molecule has 0 radical (unpaired) electrons. The minimum absolute atomic E-state index is 0.000353. The maximum Gasteiger partial charge on any atom is 0.241 e. The first-order valence-corrected chi connectivity index (χ1v) is 11.0. The fourth-order valence-corrected chi connectivity index (χ4v) is 4.47. The number of methoxy groups -OCH3 is 1. The van der Waals surface area contributed by atoms with Gasteiger partial charge in [0.25, 0.3) is 0 Å². The minimum atomic E-state index is -3.75. The number of fused-ring (bicyclic) bond motifs is 1. The van der Waals surface area contributed by atoms with Crippen LogP contribution in [0.1, 0.15) is 11.4 Å². The molecule has 0 aliphatic heterocycles. The van der Waals surface area contributed by atoms with Crippen LogP contribution in [0.5, 0.6) is 5.75 Å². The average molecular weight is 443 g/mol. The van der Waals surface area contributed by atoms with Crippen molar-refractivity contribution in [3.63, 3.8) is 0 Å². The first kappa shape index (κ1) is 20.3. The number of rotatable bonds is 7. The van der Waals surface area contributed by atoms with E-state index in [-0.39, 0.29) is 11.4 Å². The van der Waals surface area contributed by atoms with Crippen LogP contribution in [0.25, 0.3) is 11.2 Å². The number of halogens is 1. The number of para-hydroxylation sites is 1. The SMILES string of the molecule is COc1ccccc1Cn1c(CNS(=O)(=O)c2cccc(Cl)c2)nc2cccnc21. The van der Waals surface area contributed by atoms with Crippen LogP contribution in [0.2, 0.25) is 5.02 Å². The van der Waals surface area contributed by atoms with E-state index < -0.39 is 10.0 Å². The Labute approximate surface area is 179 Å². The summed E-state index contributed by atoms with van der Waals surface area (Å²) in [6.07, 6.45) is 1.68. The van der Waals surface area contributed by atoms with Gasteiger partial charge in [0.05, 0.1) is 25.1 Å². The molecule has 154 valence electrons. The topological polar surface area (TPSA) is 86.1 Å². The molecular formula is C21H19ClN4O3S. The van der Waals surface area contributed by atoms with Gasteiger partial charge in [0.2, 0.25) is 10.0 Å². The van der Waals surface area contributed by atoms with Crippen molar-refractivity contribution in [3.8, 4) is 5.75 Å². The van der Waals surface area contributed by atoms with Crippen LogP contribution in [0.3, 0.4) is 0 Å². The van der Waals surface area contributed by atoms with Gasteiger partial charge in [-0.3, -0.25) is 0 Å². The van der Waals surface area contributed by atoms with Gasteiger partial charge in [-0.2, -0.15) is 0 Å². The smallest absolute Gasteiger partial charge is 0.241 e. The zero-order chi connectivity index (χ0) is 21.1. The van der Waals surface area contributed by atoms with E-state index in [4.69, 9.17) is 16.3 Å². The molecule has 0 aliphatic rings. The molecule has 0 unspecified atom stereocenters. The normalized spacial score (nSPS) is 11.7.